The molecule has 0 radical (unpaired) electrons. The van der Waals surface area contributed by atoms with E-state index in [0.717, 1.165) is 13.0 Å². The molecule has 6 nitrogen and oxygen atoms in total. The molecule has 0 bridgehead atoms. The second-order valence-corrected chi connectivity index (χ2v) is 8.10. The molecule has 3 aromatic rings. The molecule has 1 N–H and O–H groups in total. The predicted molar refractivity (Wildman–Crippen MR) is 117 cm³/mol. The SMILES string of the molecule is CC(N1CN(C(c2ccccc2)c2cccc(Cl)c2)n2ccc(=O)c(O)c2C1=O)C(F)(F)F. The number of carbonyl (C=O) groups is 1. The fourth-order valence-electron chi connectivity index (χ4n) is 3.88. The third-order valence-electron chi connectivity index (χ3n) is 5.61. The molecule has 10 heteroatoms. The number of nitrogens with zero attached hydrogens (tertiary/aromatic N) is 3. The predicted octanol–water partition coefficient (Wildman–Crippen LogP) is 4.30. The smallest absolute Gasteiger partial charge is 0.408 e. The lowest BCUT2D eigenvalue weighted by atomic mass is 9.98. The van der Waals surface area contributed by atoms with Crippen LogP contribution in [0.2, 0.25) is 5.02 Å². The van der Waals surface area contributed by atoms with E-state index in [2.05, 4.69) is 0 Å². The minimum atomic E-state index is -4.72. The Morgan fingerprint density at radius 2 is 1.67 bits per heavy atom. The number of pyridine rings is 1. The minimum absolute atomic E-state index is 0.421. The van der Waals surface area contributed by atoms with Crippen LogP contribution in [0.3, 0.4) is 0 Å². The quantitative estimate of drug-likeness (QED) is 0.608. The Kier molecular flexibility index (Phi) is 5.84. The Hall–Kier alpha value is -3.46. The van der Waals surface area contributed by atoms with Gasteiger partial charge in [0, 0.05) is 17.3 Å². The molecule has 0 saturated carbocycles. The molecule has 0 aliphatic carbocycles. The first-order valence-corrected chi connectivity index (χ1v) is 10.4. The molecule has 4 rings (SSSR count). The molecule has 2 aromatic carbocycles. The topological polar surface area (TPSA) is 65.8 Å². The number of amides is 1. The maximum atomic E-state index is 13.6. The van der Waals surface area contributed by atoms with Crippen LogP contribution in [0.25, 0.3) is 0 Å². The maximum Gasteiger partial charge on any atom is 0.408 e. The van der Waals surface area contributed by atoms with Crippen LogP contribution >= 0.6 is 11.6 Å². The van der Waals surface area contributed by atoms with Crippen molar-refractivity contribution in [2.45, 2.75) is 25.2 Å². The van der Waals surface area contributed by atoms with Gasteiger partial charge in [0.2, 0.25) is 5.43 Å². The molecule has 2 unspecified atom stereocenters. The van der Waals surface area contributed by atoms with Gasteiger partial charge in [-0.25, -0.2) is 0 Å². The first-order chi connectivity index (χ1) is 15.6. The van der Waals surface area contributed by atoms with Gasteiger partial charge in [0.05, 0.1) is 6.04 Å². The number of aromatic nitrogens is 1. The highest BCUT2D eigenvalue weighted by molar-refractivity contribution is 6.30. The summed E-state index contributed by atoms with van der Waals surface area (Å²) in [6, 6.07) is 14.0. The number of fused-ring (bicyclic) bond motifs is 1. The zero-order valence-corrected chi connectivity index (χ0v) is 18.1. The summed E-state index contributed by atoms with van der Waals surface area (Å²) >= 11 is 6.20. The first kappa shape index (κ1) is 22.7. The molecular weight excluding hydrogens is 459 g/mol. The van der Waals surface area contributed by atoms with Gasteiger partial charge in [-0.15, -0.1) is 0 Å². The number of aromatic hydroxyl groups is 1. The highest BCUT2D eigenvalue weighted by Gasteiger charge is 2.47. The van der Waals surface area contributed by atoms with Gasteiger partial charge >= 0.3 is 6.18 Å². The van der Waals surface area contributed by atoms with E-state index in [1.54, 1.807) is 54.6 Å². The van der Waals surface area contributed by atoms with Crippen molar-refractivity contribution in [1.82, 2.24) is 9.58 Å². The molecule has 2 atom stereocenters. The van der Waals surface area contributed by atoms with Gasteiger partial charge in [-0.1, -0.05) is 54.1 Å². The van der Waals surface area contributed by atoms with Crippen LogP contribution in [-0.4, -0.2) is 39.5 Å². The Morgan fingerprint density at radius 3 is 2.30 bits per heavy atom. The van der Waals surface area contributed by atoms with Crippen molar-refractivity contribution in [2.75, 3.05) is 11.7 Å². The van der Waals surface area contributed by atoms with Gasteiger partial charge in [-0.3, -0.25) is 19.3 Å². The number of hydrogen-bond acceptors (Lipinski definition) is 4. The Bertz CT molecular complexity index is 1250. The van der Waals surface area contributed by atoms with E-state index in [1.165, 1.54) is 15.9 Å². The van der Waals surface area contributed by atoms with Crippen molar-refractivity contribution in [1.29, 1.82) is 0 Å². The summed E-state index contributed by atoms with van der Waals surface area (Å²) in [4.78, 5) is 25.7. The van der Waals surface area contributed by atoms with Gasteiger partial charge < -0.3 is 10.0 Å². The summed E-state index contributed by atoms with van der Waals surface area (Å²) in [5, 5.41) is 12.3. The van der Waals surface area contributed by atoms with Crippen molar-refractivity contribution in [3.8, 4) is 5.75 Å². The first-order valence-electron chi connectivity index (χ1n) is 9.99. The lowest BCUT2D eigenvalue weighted by Crippen LogP contribution is -2.60. The van der Waals surface area contributed by atoms with Gasteiger partial charge in [0.1, 0.15) is 12.7 Å². The van der Waals surface area contributed by atoms with E-state index in [-0.39, 0.29) is 0 Å². The number of rotatable bonds is 4. The molecular formula is C23H19ClF3N3O3. The largest absolute Gasteiger partial charge is 0.502 e. The van der Waals surface area contributed by atoms with Gasteiger partial charge in [-0.2, -0.15) is 13.2 Å². The number of carbonyl (C=O) groups excluding carboxylic acids is 1. The van der Waals surface area contributed by atoms with E-state index in [1.807, 2.05) is 0 Å². The molecule has 0 saturated heterocycles. The Labute approximate surface area is 192 Å². The average molecular weight is 478 g/mol. The standard InChI is InChI=1S/C23H19ClF3N3O3/c1-14(23(25,26)27)28-13-30(29-11-10-18(31)21(32)20(29)22(28)33)19(15-6-3-2-4-7-15)16-8-5-9-17(24)12-16/h2-12,14,19,32H,13H2,1H3. The van der Waals surface area contributed by atoms with Crippen LogP contribution < -0.4 is 10.4 Å². The maximum absolute atomic E-state index is 13.6. The van der Waals surface area contributed by atoms with Crippen LogP contribution in [0.1, 0.15) is 34.6 Å². The summed E-state index contributed by atoms with van der Waals surface area (Å²) in [5.41, 5.74) is -0.0486. The summed E-state index contributed by atoms with van der Waals surface area (Å²) < 4.78 is 42.1. The second kappa shape index (κ2) is 8.47. The second-order valence-electron chi connectivity index (χ2n) is 7.66. The molecule has 2 heterocycles. The highest BCUT2D eigenvalue weighted by Crippen LogP contribution is 2.35. The zero-order chi connectivity index (χ0) is 23.9. The highest BCUT2D eigenvalue weighted by atomic mass is 35.5. The lowest BCUT2D eigenvalue weighted by molar-refractivity contribution is -0.173. The molecule has 33 heavy (non-hydrogen) atoms. The van der Waals surface area contributed by atoms with E-state index < -0.39 is 47.7 Å². The van der Waals surface area contributed by atoms with Crippen molar-refractivity contribution in [3.05, 3.63) is 98.9 Å². The van der Waals surface area contributed by atoms with Crippen LogP contribution in [0.15, 0.2) is 71.7 Å². The molecule has 1 aliphatic rings. The normalized spacial score (nSPS) is 15.8. The summed E-state index contributed by atoms with van der Waals surface area (Å²) in [7, 11) is 0. The fraction of sp³-hybridized carbons (Fsp3) is 0.217. The van der Waals surface area contributed by atoms with Crippen molar-refractivity contribution in [2.24, 2.45) is 0 Å². The molecule has 0 fully saturated rings. The third kappa shape index (κ3) is 4.16. The molecule has 1 amide bonds. The van der Waals surface area contributed by atoms with Gasteiger partial charge in [0.15, 0.2) is 11.4 Å². The molecule has 1 aromatic heterocycles. The van der Waals surface area contributed by atoms with Crippen molar-refractivity contribution in [3.63, 3.8) is 0 Å². The number of benzene rings is 2. The molecule has 1 aliphatic heterocycles. The van der Waals surface area contributed by atoms with E-state index >= 15 is 0 Å². The molecule has 172 valence electrons. The van der Waals surface area contributed by atoms with E-state index in [9.17, 15) is 27.9 Å². The van der Waals surface area contributed by atoms with Gasteiger partial charge in [-0.05, 0) is 30.2 Å². The summed E-state index contributed by atoms with van der Waals surface area (Å²) in [6.45, 7) is 0.404. The fourth-order valence-corrected chi connectivity index (χ4v) is 4.08. The summed E-state index contributed by atoms with van der Waals surface area (Å²) in [5.74, 6) is -2.01. The Morgan fingerprint density at radius 1 is 1.00 bits per heavy atom. The average Bonchev–Trinajstić information content (AvgIpc) is 2.77. The third-order valence-corrected chi connectivity index (χ3v) is 5.85. The van der Waals surface area contributed by atoms with Crippen LogP contribution in [0, 0.1) is 0 Å². The van der Waals surface area contributed by atoms with E-state index in [0.29, 0.717) is 21.0 Å². The van der Waals surface area contributed by atoms with Crippen LogP contribution in [0.4, 0.5) is 13.2 Å². The van der Waals surface area contributed by atoms with E-state index in [4.69, 9.17) is 11.6 Å². The van der Waals surface area contributed by atoms with Gasteiger partial charge in [0.25, 0.3) is 5.91 Å². The number of alkyl halides is 3. The van der Waals surface area contributed by atoms with Crippen molar-refractivity contribution < 1.29 is 23.1 Å². The molecule has 0 spiro atoms. The number of halogens is 4. The van der Waals surface area contributed by atoms with Crippen LogP contribution in [0.5, 0.6) is 5.75 Å². The Balaban J connectivity index is 1.96. The van der Waals surface area contributed by atoms with Crippen LogP contribution in [-0.2, 0) is 0 Å². The van der Waals surface area contributed by atoms with Crippen molar-refractivity contribution >= 4 is 17.5 Å². The lowest BCUT2D eigenvalue weighted by Gasteiger charge is -2.45. The minimum Gasteiger partial charge on any atom is -0.502 e. The monoisotopic (exact) mass is 477 g/mol. The summed E-state index contributed by atoms with van der Waals surface area (Å²) in [6.07, 6.45) is -3.45. The zero-order valence-electron chi connectivity index (χ0n) is 17.3. The number of hydrogen-bond donors (Lipinski definition) is 1.